The van der Waals surface area contributed by atoms with Crippen LogP contribution in [0.2, 0.25) is 0 Å². The minimum absolute atomic E-state index is 0.00165. The summed E-state index contributed by atoms with van der Waals surface area (Å²) in [5.74, 6) is 1.93. The smallest absolute Gasteiger partial charge is 0.255 e. The standard InChI is InChI=1S/C21H28N6O2/c1-3-19(28)26-10-5-4-6-17(26)20-24-23-18-9-11-25(12-13-27(18)20)21(29)16-8-7-15(2)22-14-16/h7-8,14,17H,3-6,9-13H2,1-2H3. The maximum atomic E-state index is 12.9. The van der Waals surface area contributed by atoms with Gasteiger partial charge in [-0.1, -0.05) is 6.92 Å². The Morgan fingerprint density at radius 3 is 2.72 bits per heavy atom. The van der Waals surface area contributed by atoms with Crippen molar-refractivity contribution in [2.75, 3.05) is 19.6 Å². The minimum atomic E-state index is -0.0130. The van der Waals surface area contributed by atoms with E-state index in [1.165, 1.54) is 0 Å². The maximum Gasteiger partial charge on any atom is 0.255 e. The molecule has 0 bridgehead atoms. The van der Waals surface area contributed by atoms with E-state index < -0.39 is 0 Å². The van der Waals surface area contributed by atoms with E-state index in [1.54, 1.807) is 6.20 Å². The van der Waals surface area contributed by atoms with E-state index in [4.69, 9.17) is 0 Å². The second-order valence-corrected chi connectivity index (χ2v) is 7.81. The van der Waals surface area contributed by atoms with E-state index in [-0.39, 0.29) is 17.9 Å². The van der Waals surface area contributed by atoms with Gasteiger partial charge in [0.25, 0.3) is 5.91 Å². The largest absolute Gasteiger partial charge is 0.336 e. The van der Waals surface area contributed by atoms with E-state index in [2.05, 4.69) is 19.7 Å². The molecule has 29 heavy (non-hydrogen) atoms. The Kier molecular flexibility index (Phi) is 5.60. The van der Waals surface area contributed by atoms with Gasteiger partial charge in [-0.15, -0.1) is 10.2 Å². The highest BCUT2D eigenvalue weighted by Crippen LogP contribution is 2.31. The van der Waals surface area contributed by atoms with Gasteiger partial charge in [0.05, 0.1) is 11.6 Å². The fraction of sp³-hybridized carbons (Fsp3) is 0.571. The summed E-state index contributed by atoms with van der Waals surface area (Å²) in [7, 11) is 0. The average Bonchev–Trinajstić information content (AvgIpc) is 3.04. The van der Waals surface area contributed by atoms with Crippen molar-refractivity contribution in [3.8, 4) is 0 Å². The summed E-state index contributed by atoms with van der Waals surface area (Å²) in [6.45, 7) is 6.44. The molecule has 8 heteroatoms. The molecule has 1 fully saturated rings. The molecule has 4 rings (SSSR count). The second-order valence-electron chi connectivity index (χ2n) is 7.81. The lowest BCUT2D eigenvalue weighted by Crippen LogP contribution is -2.39. The number of hydrogen-bond acceptors (Lipinski definition) is 5. The molecule has 0 aliphatic carbocycles. The first-order valence-electron chi connectivity index (χ1n) is 10.5. The van der Waals surface area contributed by atoms with Crippen molar-refractivity contribution in [1.29, 1.82) is 0 Å². The molecular weight excluding hydrogens is 368 g/mol. The van der Waals surface area contributed by atoms with E-state index in [0.717, 1.165) is 43.1 Å². The van der Waals surface area contributed by atoms with Crippen molar-refractivity contribution in [2.24, 2.45) is 0 Å². The van der Waals surface area contributed by atoms with Gasteiger partial charge >= 0.3 is 0 Å². The first-order valence-corrected chi connectivity index (χ1v) is 10.5. The molecule has 0 N–H and O–H groups in total. The van der Waals surface area contributed by atoms with Crippen LogP contribution < -0.4 is 0 Å². The third-order valence-corrected chi connectivity index (χ3v) is 5.92. The number of nitrogens with zero attached hydrogens (tertiary/aromatic N) is 6. The van der Waals surface area contributed by atoms with Crippen molar-refractivity contribution in [3.05, 3.63) is 41.2 Å². The van der Waals surface area contributed by atoms with Crippen molar-refractivity contribution in [2.45, 2.75) is 58.5 Å². The Bertz CT molecular complexity index is 891. The highest BCUT2D eigenvalue weighted by atomic mass is 16.2. The van der Waals surface area contributed by atoms with Crippen LogP contribution in [0.5, 0.6) is 0 Å². The van der Waals surface area contributed by atoms with Gasteiger partial charge in [-0.05, 0) is 38.3 Å². The van der Waals surface area contributed by atoms with Crippen molar-refractivity contribution < 1.29 is 9.59 Å². The quantitative estimate of drug-likeness (QED) is 0.794. The Hall–Kier alpha value is -2.77. The van der Waals surface area contributed by atoms with Crippen molar-refractivity contribution in [3.63, 3.8) is 0 Å². The summed E-state index contributed by atoms with van der Waals surface area (Å²) < 4.78 is 2.13. The zero-order valence-corrected chi connectivity index (χ0v) is 17.2. The van der Waals surface area contributed by atoms with Gasteiger partial charge in [0.15, 0.2) is 5.82 Å². The summed E-state index contributed by atoms with van der Waals surface area (Å²) in [5.41, 5.74) is 1.51. The number of carbonyl (C=O) groups excluding carboxylic acids is 2. The van der Waals surface area contributed by atoms with Gasteiger partial charge in [-0.3, -0.25) is 14.6 Å². The van der Waals surface area contributed by atoms with Gasteiger partial charge in [-0.2, -0.15) is 0 Å². The summed E-state index contributed by atoms with van der Waals surface area (Å²) in [6.07, 6.45) is 5.85. The SMILES string of the molecule is CCC(=O)N1CCCCC1c1nnc2n1CCN(C(=O)c1ccc(C)nc1)CC2. The van der Waals surface area contributed by atoms with Crippen LogP contribution >= 0.6 is 0 Å². The van der Waals surface area contributed by atoms with Crippen molar-refractivity contribution >= 4 is 11.8 Å². The number of hydrogen-bond donors (Lipinski definition) is 0. The number of likely N-dealkylation sites (tertiary alicyclic amines) is 1. The van der Waals surface area contributed by atoms with Gasteiger partial charge in [0.2, 0.25) is 5.91 Å². The topological polar surface area (TPSA) is 84.2 Å². The number of rotatable bonds is 3. The van der Waals surface area contributed by atoms with E-state index in [0.29, 0.717) is 38.0 Å². The molecule has 8 nitrogen and oxygen atoms in total. The van der Waals surface area contributed by atoms with Gasteiger partial charge in [0.1, 0.15) is 5.82 Å². The van der Waals surface area contributed by atoms with Crippen LogP contribution in [-0.4, -0.2) is 61.0 Å². The summed E-state index contributed by atoms with van der Waals surface area (Å²) in [5, 5.41) is 8.89. The van der Waals surface area contributed by atoms with Crippen LogP contribution in [0.3, 0.4) is 0 Å². The fourth-order valence-corrected chi connectivity index (χ4v) is 4.27. The van der Waals surface area contributed by atoms with Gasteiger partial charge in [0, 0.05) is 50.9 Å². The highest BCUT2D eigenvalue weighted by molar-refractivity contribution is 5.93. The summed E-state index contributed by atoms with van der Waals surface area (Å²) >= 11 is 0. The van der Waals surface area contributed by atoms with E-state index >= 15 is 0 Å². The summed E-state index contributed by atoms with van der Waals surface area (Å²) in [4.78, 5) is 33.4. The molecule has 2 aromatic rings. The predicted molar refractivity (Wildman–Crippen MR) is 107 cm³/mol. The lowest BCUT2D eigenvalue weighted by molar-refractivity contribution is -0.135. The minimum Gasteiger partial charge on any atom is -0.336 e. The lowest BCUT2D eigenvalue weighted by Gasteiger charge is -2.35. The molecule has 2 amide bonds. The van der Waals surface area contributed by atoms with Gasteiger partial charge < -0.3 is 14.4 Å². The molecule has 2 aliphatic heterocycles. The number of carbonyl (C=O) groups is 2. The number of aromatic nitrogens is 4. The molecule has 2 aliphatic rings. The molecule has 0 aromatic carbocycles. The van der Waals surface area contributed by atoms with Crippen molar-refractivity contribution in [1.82, 2.24) is 29.5 Å². The zero-order chi connectivity index (χ0) is 20.4. The predicted octanol–water partition coefficient (Wildman–Crippen LogP) is 2.14. The van der Waals surface area contributed by atoms with Gasteiger partial charge in [-0.25, -0.2) is 0 Å². The highest BCUT2D eigenvalue weighted by Gasteiger charge is 2.32. The fourth-order valence-electron chi connectivity index (χ4n) is 4.27. The molecule has 1 atom stereocenters. The molecule has 4 heterocycles. The summed E-state index contributed by atoms with van der Waals surface area (Å²) in [6, 6.07) is 3.68. The normalized spacial score (nSPS) is 19.6. The third kappa shape index (κ3) is 3.88. The van der Waals surface area contributed by atoms with E-state index in [9.17, 15) is 9.59 Å². The van der Waals surface area contributed by atoms with E-state index in [1.807, 2.05) is 35.8 Å². The van der Waals surface area contributed by atoms with Crippen LogP contribution in [0.4, 0.5) is 0 Å². The Morgan fingerprint density at radius 2 is 1.97 bits per heavy atom. The molecule has 154 valence electrons. The second kappa shape index (κ2) is 8.31. The molecule has 1 unspecified atom stereocenters. The number of fused-ring (bicyclic) bond motifs is 1. The maximum absolute atomic E-state index is 12.9. The Balaban J connectivity index is 1.53. The number of piperidine rings is 1. The molecule has 1 saturated heterocycles. The first kappa shape index (κ1) is 19.5. The van der Waals surface area contributed by atoms with Crippen LogP contribution in [0.25, 0.3) is 0 Å². The molecule has 0 radical (unpaired) electrons. The Morgan fingerprint density at radius 1 is 1.10 bits per heavy atom. The monoisotopic (exact) mass is 396 g/mol. The Labute approximate surface area is 170 Å². The van der Waals surface area contributed by atoms with Crippen LogP contribution in [0, 0.1) is 6.92 Å². The number of aryl methyl sites for hydroxylation is 1. The molecule has 2 aromatic heterocycles. The molecule has 0 saturated carbocycles. The number of amides is 2. The lowest BCUT2D eigenvalue weighted by atomic mass is 10.0. The molecular formula is C21H28N6O2. The van der Waals surface area contributed by atoms with Crippen LogP contribution in [-0.2, 0) is 17.8 Å². The van der Waals surface area contributed by atoms with Crippen LogP contribution in [0.15, 0.2) is 18.3 Å². The number of pyridine rings is 1. The zero-order valence-electron chi connectivity index (χ0n) is 17.2. The molecule has 0 spiro atoms. The third-order valence-electron chi connectivity index (χ3n) is 5.92. The average molecular weight is 396 g/mol. The van der Waals surface area contributed by atoms with Crippen LogP contribution in [0.1, 0.15) is 66.3 Å². The first-order chi connectivity index (χ1) is 14.1.